The SMILES string of the molecule is NCc1c(F)cccc1C(CN)c1ccc(F)cc1. The lowest BCUT2D eigenvalue weighted by molar-refractivity contribution is 0.603. The number of hydrogen-bond acceptors (Lipinski definition) is 2. The van der Waals surface area contributed by atoms with E-state index < -0.39 is 0 Å². The van der Waals surface area contributed by atoms with E-state index in [0.717, 1.165) is 11.1 Å². The Balaban J connectivity index is 2.48. The van der Waals surface area contributed by atoms with E-state index in [4.69, 9.17) is 11.5 Å². The van der Waals surface area contributed by atoms with Crippen LogP contribution in [0.2, 0.25) is 0 Å². The van der Waals surface area contributed by atoms with Gasteiger partial charge in [-0.3, -0.25) is 0 Å². The molecule has 2 aromatic carbocycles. The molecule has 100 valence electrons. The summed E-state index contributed by atoms with van der Waals surface area (Å²) in [6.07, 6.45) is 0. The van der Waals surface area contributed by atoms with Crippen LogP contribution >= 0.6 is 0 Å². The van der Waals surface area contributed by atoms with E-state index in [1.165, 1.54) is 18.2 Å². The Bertz CT molecular complexity index is 553. The van der Waals surface area contributed by atoms with Crippen LogP contribution in [0, 0.1) is 11.6 Å². The van der Waals surface area contributed by atoms with Crippen molar-refractivity contribution in [3.8, 4) is 0 Å². The Labute approximate surface area is 111 Å². The van der Waals surface area contributed by atoms with Gasteiger partial charge in [-0.25, -0.2) is 8.78 Å². The number of hydrogen-bond donors (Lipinski definition) is 2. The Morgan fingerprint density at radius 2 is 1.63 bits per heavy atom. The molecule has 1 atom stereocenters. The third kappa shape index (κ3) is 2.80. The molecule has 0 aliphatic heterocycles. The molecule has 4 N–H and O–H groups in total. The summed E-state index contributed by atoms with van der Waals surface area (Å²) in [5.41, 5.74) is 13.5. The molecule has 2 aromatic rings. The number of nitrogens with two attached hydrogens (primary N) is 2. The largest absolute Gasteiger partial charge is 0.330 e. The molecule has 0 bridgehead atoms. The second-order valence-electron chi connectivity index (χ2n) is 4.35. The van der Waals surface area contributed by atoms with Gasteiger partial charge in [0.25, 0.3) is 0 Å². The zero-order chi connectivity index (χ0) is 13.8. The highest BCUT2D eigenvalue weighted by atomic mass is 19.1. The lowest BCUT2D eigenvalue weighted by Crippen LogP contribution is -2.17. The van der Waals surface area contributed by atoms with Crippen molar-refractivity contribution in [1.82, 2.24) is 0 Å². The van der Waals surface area contributed by atoms with Gasteiger partial charge in [0.1, 0.15) is 11.6 Å². The highest BCUT2D eigenvalue weighted by Gasteiger charge is 2.17. The Morgan fingerprint density at radius 1 is 0.947 bits per heavy atom. The van der Waals surface area contributed by atoms with E-state index in [1.54, 1.807) is 18.2 Å². The van der Waals surface area contributed by atoms with Gasteiger partial charge in [-0.05, 0) is 29.3 Å². The van der Waals surface area contributed by atoms with Crippen LogP contribution < -0.4 is 11.5 Å². The number of benzene rings is 2. The fourth-order valence-electron chi connectivity index (χ4n) is 2.25. The van der Waals surface area contributed by atoms with Crippen molar-refractivity contribution in [1.29, 1.82) is 0 Å². The molecule has 0 aromatic heterocycles. The van der Waals surface area contributed by atoms with Crippen LogP contribution in [0.25, 0.3) is 0 Å². The maximum Gasteiger partial charge on any atom is 0.127 e. The Hall–Kier alpha value is -1.78. The fourth-order valence-corrected chi connectivity index (χ4v) is 2.25. The van der Waals surface area contributed by atoms with Crippen molar-refractivity contribution in [3.63, 3.8) is 0 Å². The summed E-state index contributed by atoms with van der Waals surface area (Å²) in [6.45, 7) is 0.418. The molecule has 0 spiro atoms. The first kappa shape index (κ1) is 13.6. The molecule has 0 saturated heterocycles. The molecule has 2 nitrogen and oxygen atoms in total. The van der Waals surface area contributed by atoms with Crippen molar-refractivity contribution in [2.24, 2.45) is 11.5 Å². The maximum absolute atomic E-state index is 13.7. The highest BCUT2D eigenvalue weighted by molar-refractivity contribution is 5.39. The smallest absolute Gasteiger partial charge is 0.127 e. The standard InChI is InChI=1S/C15H16F2N2/c16-11-6-4-10(5-7-11)13(8-18)12-2-1-3-15(17)14(12)9-19/h1-7,13H,8-9,18-19H2. The first-order valence-electron chi connectivity index (χ1n) is 6.10. The second kappa shape index (κ2) is 5.91. The molecule has 0 heterocycles. The molecule has 2 rings (SSSR count). The minimum absolute atomic E-state index is 0.111. The van der Waals surface area contributed by atoms with Crippen LogP contribution in [-0.4, -0.2) is 6.54 Å². The van der Waals surface area contributed by atoms with E-state index in [2.05, 4.69) is 0 Å². The summed E-state index contributed by atoms with van der Waals surface area (Å²) in [7, 11) is 0. The quantitative estimate of drug-likeness (QED) is 0.889. The lowest BCUT2D eigenvalue weighted by atomic mass is 9.88. The third-order valence-corrected chi connectivity index (χ3v) is 3.24. The molecule has 0 saturated carbocycles. The molecule has 1 unspecified atom stereocenters. The zero-order valence-electron chi connectivity index (χ0n) is 10.4. The molecule has 0 aliphatic carbocycles. The van der Waals surface area contributed by atoms with E-state index in [-0.39, 0.29) is 24.1 Å². The van der Waals surface area contributed by atoms with Gasteiger partial charge in [-0.15, -0.1) is 0 Å². The van der Waals surface area contributed by atoms with Gasteiger partial charge in [0.05, 0.1) is 0 Å². The van der Waals surface area contributed by atoms with E-state index in [0.29, 0.717) is 12.1 Å². The first-order chi connectivity index (χ1) is 9.17. The molecular formula is C15H16F2N2. The van der Waals surface area contributed by atoms with E-state index in [1.807, 2.05) is 6.07 Å². The van der Waals surface area contributed by atoms with Crippen molar-refractivity contribution >= 4 is 0 Å². The van der Waals surface area contributed by atoms with Gasteiger partial charge in [-0.2, -0.15) is 0 Å². The third-order valence-electron chi connectivity index (χ3n) is 3.24. The van der Waals surface area contributed by atoms with E-state index in [9.17, 15) is 8.78 Å². The molecule has 4 heteroatoms. The summed E-state index contributed by atoms with van der Waals surface area (Å²) in [5, 5.41) is 0. The maximum atomic E-state index is 13.7. The highest BCUT2D eigenvalue weighted by Crippen LogP contribution is 2.28. The van der Waals surface area contributed by atoms with Crippen molar-refractivity contribution in [2.45, 2.75) is 12.5 Å². The molecule has 0 aliphatic rings. The predicted octanol–water partition coefficient (Wildman–Crippen LogP) is 2.51. The average Bonchev–Trinajstić information content (AvgIpc) is 2.42. The predicted molar refractivity (Wildman–Crippen MR) is 71.6 cm³/mol. The molecule has 0 radical (unpaired) electrons. The Kier molecular flexibility index (Phi) is 4.24. The molecule has 19 heavy (non-hydrogen) atoms. The minimum atomic E-state index is -0.333. The number of rotatable bonds is 4. The second-order valence-corrected chi connectivity index (χ2v) is 4.35. The van der Waals surface area contributed by atoms with Crippen LogP contribution in [-0.2, 0) is 6.54 Å². The van der Waals surface area contributed by atoms with Crippen LogP contribution in [0.5, 0.6) is 0 Å². The van der Waals surface area contributed by atoms with Gasteiger partial charge in [0.2, 0.25) is 0 Å². The van der Waals surface area contributed by atoms with Gasteiger partial charge < -0.3 is 11.5 Å². The molecular weight excluding hydrogens is 246 g/mol. The van der Waals surface area contributed by atoms with Crippen LogP contribution in [0.4, 0.5) is 8.78 Å². The van der Waals surface area contributed by atoms with Crippen LogP contribution in [0.1, 0.15) is 22.6 Å². The summed E-state index contributed by atoms with van der Waals surface area (Å²) >= 11 is 0. The van der Waals surface area contributed by atoms with Crippen LogP contribution in [0.3, 0.4) is 0 Å². The number of halogens is 2. The Morgan fingerprint density at radius 3 is 2.21 bits per heavy atom. The van der Waals surface area contributed by atoms with Gasteiger partial charge in [0, 0.05) is 24.6 Å². The normalized spacial score (nSPS) is 12.4. The summed E-state index contributed by atoms with van der Waals surface area (Å²) in [4.78, 5) is 0. The molecule has 0 amide bonds. The average molecular weight is 262 g/mol. The fraction of sp³-hybridized carbons (Fsp3) is 0.200. The van der Waals surface area contributed by atoms with Gasteiger partial charge in [-0.1, -0.05) is 24.3 Å². The summed E-state index contributed by atoms with van der Waals surface area (Å²) in [5.74, 6) is -0.826. The molecule has 0 fully saturated rings. The lowest BCUT2D eigenvalue weighted by Gasteiger charge is -2.19. The van der Waals surface area contributed by atoms with Crippen molar-refractivity contribution in [3.05, 3.63) is 70.8 Å². The summed E-state index contributed by atoms with van der Waals surface area (Å²) < 4.78 is 26.7. The monoisotopic (exact) mass is 262 g/mol. The minimum Gasteiger partial charge on any atom is -0.330 e. The first-order valence-corrected chi connectivity index (χ1v) is 6.10. The van der Waals surface area contributed by atoms with Crippen molar-refractivity contribution in [2.75, 3.05) is 6.54 Å². The van der Waals surface area contributed by atoms with Crippen LogP contribution in [0.15, 0.2) is 42.5 Å². The summed E-state index contributed by atoms with van der Waals surface area (Å²) in [6, 6.07) is 10.9. The van der Waals surface area contributed by atoms with E-state index >= 15 is 0 Å². The zero-order valence-corrected chi connectivity index (χ0v) is 10.4. The van der Waals surface area contributed by atoms with Gasteiger partial charge >= 0.3 is 0 Å². The van der Waals surface area contributed by atoms with Gasteiger partial charge in [0.15, 0.2) is 0 Å². The van der Waals surface area contributed by atoms with Crippen molar-refractivity contribution < 1.29 is 8.78 Å². The topological polar surface area (TPSA) is 52.0 Å².